The van der Waals surface area contributed by atoms with Gasteiger partial charge in [0.25, 0.3) is 0 Å². The second-order valence-electron chi connectivity index (χ2n) is 3.22. The average Bonchev–Trinajstić information content (AvgIpc) is 2.17. The molecule has 4 nitrogen and oxygen atoms in total. The number of pyridine rings is 1. The van der Waals surface area contributed by atoms with Crippen LogP contribution in [-0.2, 0) is 10.0 Å². The summed E-state index contributed by atoms with van der Waals surface area (Å²) >= 11 is 0. The lowest BCUT2D eigenvalue weighted by Gasteiger charge is -2.17. The highest BCUT2D eigenvalue weighted by atomic mass is 32.2. The third kappa shape index (κ3) is 2.10. The number of hydrogen-bond donors (Lipinski definition) is 0. The first-order chi connectivity index (χ1) is 6.46. The SMILES string of the molecule is C[C@H](c1ccccn1)S(=O)(=O)N(C)C. The predicted molar refractivity (Wildman–Crippen MR) is 55.3 cm³/mol. The topological polar surface area (TPSA) is 50.3 Å². The van der Waals surface area contributed by atoms with Gasteiger partial charge in [-0.1, -0.05) is 6.07 Å². The minimum Gasteiger partial charge on any atom is -0.260 e. The zero-order valence-electron chi connectivity index (χ0n) is 8.51. The molecule has 1 rings (SSSR count). The van der Waals surface area contributed by atoms with E-state index in [9.17, 15) is 8.42 Å². The summed E-state index contributed by atoms with van der Waals surface area (Å²) < 4.78 is 24.6. The van der Waals surface area contributed by atoms with E-state index >= 15 is 0 Å². The van der Waals surface area contributed by atoms with E-state index in [-0.39, 0.29) is 0 Å². The van der Waals surface area contributed by atoms with Gasteiger partial charge >= 0.3 is 0 Å². The summed E-state index contributed by atoms with van der Waals surface area (Å²) in [5.41, 5.74) is 0.571. The van der Waals surface area contributed by atoms with Crippen LogP contribution < -0.4 is 0 Å². The highest BCUT2D eigenvalue weighted by Crippen LogP contribution is 2.20. The normalized spacial score (nSPS) is 14.3. The van der Waals surface area contributed by atoms with Gasteiger partial charge in [-0.05, 0) is 19.1 Å². The quantitative estimate of drug-likeness (QED) is 0.755. The monoisotopic (exact) mass is 214 g/mol. The van der Waals surface area contributed by atoms with Gasteiger partial charge in [0.15, 0.2) is 0 Å². The summed E-state index contributed by atoms with van der Waals surface area (Å²) in [5, 5.41) is -0.598. The van der Waals surface area contributed by atoms with Crippen molar-refractivity contribution in [3.63, 3.8) is 0 Å². The lowest BCUT2D eigenvalue weighted by Crippen LogP contribution is -2.27. The third-order valence-electron chi connectivity index (χ3n) is 2.06. The maximum absolute atomic E-state index is 11.7. The Morgan fingerprint density at radius 1 is 1.36 bits per heavy atom. The first-order valence-corrected chi connectivity index (χ1v) is 5.79. The van der Waals surface area contributed by atoms with Crippen molar-refractivity contribution in [1.82, 2.24) is 9.29 Å². The molecule has 0 bridgehead atoms. The van der Waals surface area contributed by atoms with Crippen molar-refractivity contribution in [2.45, 2.75) is 12.2 Å². The van der Waals surface area contributed by atoms with Crippen LogP contribution in [0.1, 0.15) is 17.9 Å². The van der Waals surface area contributed by atoms with Crippen LogP contribution in [0.3, 0.4) is 0 Å². The first kappa shape index (κ1) is 11.1. The van der Waals surface area contributed by atoms with E-state index in [0.29, 0.717) is 5.69 Å². The molecule has 0 saturated carbocycles. The summed E-state index contributed by atoms with van der Waals surface area (Å²) in [6, 6.07) is 5.26. The summed E-state index contributed by atoms with van der Waals surface area (Å²) in [7, 11) is -0.214. The molecule has 0 aliphatic carbocycles. The molecule has 0 aliphatic rings. The van der Waals surface area contributed by atoms with Crippen LogP contribution in [0.25, 0.3) is 0 Å². The molecule has 1 aromatic heterocycles. The maximum atomic E-state index is 11.7. The molecular weight excluding hydrogens is 200 g/mol. The van der Waals surface area contributed by atoms with E-state index in [1.807, 2.05) is 0 Å². The zero-order valence-corrected chi connectivity index (χ0v) is 9.32. The fraction of sp³-hybridized carbons (Fsp3) is 0.444. The van der Waals surface area contributed by atoms with E-state index in [1.165, 1.54) is 18.4 Å². The van der Waals surface area contributed by atoms with E-state index in [0.717, 1.165) is 0 Å². The molecule has 5 heteroatoms. The zero-order chi connectivity index (χ0) is 10.8. The molecule has 1 aromatic rings. The standard InChI is InChI=1S/C9H14N2O2S/c1-8(14(12,13)11(2)3)9-6-4-5-7-10-9/h4-8H,1-3H3/t8-/m1/s1. The van der Waals surface area contributed by atoms with Crippen LogP contribution in [-0.4, -0.2) is 31.8 Å². The van der Waals surface area contributed by atoms with Crippen molar-refractivity contribution in [2.24, 2.45) is 0 Å². The molecule has 78 valence electrons. The molecule has 1 atom stereocenters. The molecule has 0 amide bonds. The van der Waals surface area contributed by atoms with Crippen molar-refractivity contribution in [2.75, 3.05) is 14.1 Å². The van der Waals surface area contributed by atoms with Crippen LogP contribution in [0.15, 0.2) is 24.4 Å². The van der Waals surface area contributed by atoms with Crippen LogP contribution >= 0.6 is 0 Å². The fourth-order valence-electron chi connectivity index (χ4n) is 1.09. The van der Waals surface area contributed by atoms with Crippen LogP contribution in [0, 0.1) is 0 Å². The van der Waals surface area contributed by atoms with Gasteiger partial charge in [0.2, 0.25) is 10.0 Å². The number of hydrogen-bond acceptors (Lipinski definition) is 3. The van der Waals surface area contributed by atoms with Gasteiger partial charge in [0.1, 0.15) is 5.25 Å². The molecule has 0 saturated heterocycles. The number of aromatic nitrogens is 1. The van der Waals surface area contributed by atoms with Crippen molar-refractivity contribution in [3.05, 3.63) is 30.1 Å². The van der Waals surface area contributed by atoms with Crippen LogP contribution in [0.2, 0.25) is 0 Å². The predicted octanol–water partition coefficient (Wildman–Crippen LogP) is 1.03. The minimum atomic E-state index is -3.26. The molecular formula is C9H14N2O2S. The molecule has 0 radical (unpaired) electrons. The summed E-state index contributed by atoms with van der Waals surface area (Å²) in [6.45, 7) is 1.64. The molecule has 0 spiro atoms. The Labute approximate surface area is 84.6 Å². The van der Waals surface area contributed by atoms with Gasteiger partial charge in [0, 0.05) is 20.3 Å². The van der Waals surface area contributed by atoms with Crippen molar-refractivity contribution >= 4 is 10.0 Å². The lowest BCUT2D eigenvalue weighted by atomic mass is 10.3. The van der Waals surface area contributed by atoms with Gasteiger partial charge < -0.3 is 0 Å². The highest BCUT2D eigenvalue weighted by molar-refractivity contribution is 7.89. The lowest BCUT2D eigenvalue weighted by molar-refractivity contribution is 0.509. The van der Waals surface area contributed by atoms with Gasteiger partial charge in [-0.15, -0.1) is 0 Å². The summed E-state index contributed by atoms with van der Waals surface area (Å²) in [5.74, 6) is 0. The number of sulfonamides is 1. The Hall–Kier alpha value is -0.940. The molecule has 0 unspecified atom stereocenters. The maximum Gasteiger partial charge on any atom is 0.221 e. The van der Waals surface area contributed by atoms with Crippen LogP contribution in [0.5, 0.6) is 0 Å². The van der Waals surface area contributed by atoms with Crippen molar-refractivity contribution in [3.8, 4) is 0 Å². The second kappa shape index (κ2) is 4.06. The smallest absolute Gasteiger partial charge is 0.221 e. The summed E-state index contributed by atoms with van der Waals surface area (Å²) in [4.78, 5) is 4.02. The molecule has 0 aliphatic heterocycles. The molecule has 0 fully saturated rings. The van der Waals surface area contributed by atoms with Crippen molar-refractivity contribution in [1.29, 1.82) is 0 Å². The number of nitrogens with zero attached hydrogens (tertiary/aromatic N) is 2. The second-order valence-corrected chi connectivity index (χ2v) is 5.69. The Morgan fingerprint density at radius 3 is 2.43 bits per heavy atom. The Morgan fingerprint density at radius 2 is 2.00 bits per heavy atom. The van der Waals surface area contributed by atoms with Crippen molar-refractivity contribution < 1.29 is 8.42 Å². The molecule has 1 heterocycles. The highest BCUT2D eigenvalue weighted by Gasteiger charge is 2.25. The molecule has 0 aromatic carbocycles. The largest absolute Gasteiger partial charge is 0.260 e. The number of rotatable bonds is 3. The fourth-order valence-corrected chi connectivity index (χ4v) is 2.16. The minimum absolute atomic E-state index is 0.571. The Bertz CT molecular complexity index is 387. The molecule has 14 heavy (non-hydrogen) atoms. The van der Waals surface area contributed by atoms with E-state index in [2.05, 4.69) is 4.98 Å². The van der Waals surface area contributed by atoms with Gasteiger partial charge in [0.05, 0.1) is 5.69 Å². The first-order valence-electron chi connectivity index (χ1n) is 4.28. The Kier molecular flexibility index (Phi) is 3.23. The van der Waals surface area contributed by atoms with Gasteiger partial charge in [-0.2, -0.15) is 0 Å². The van der Waals surface area contributed by atoms with Crippen LogP contribution in [0.4, 0.5) is 0 Å². The summed E-state index contributed by atoms with van der Waals surface area (Å²) in [6.07, 6.45) is 1.59. The van der Waals surface area contributed by atoms with Gasteiger partial charge in [-0.3, -0.25) is 4.98 Å². The third-order valence-corrected chi connectivity index (χ3v) is 4.21. The van der Waals surface area contributed by atoms with E-state index in [1.54, 1.807) is 31.3 Å². The molecule has 0 N–H and O–H groups in total. The Balaban J connectivity index is 3.03. The van der Waals surface area contributed by atoms with Gasteiger partial charge in [-0.25, -0.2) is 12.7 Å². The van der Waals surface area contributed by atoms with E-state index < -0.39 is 15.3 Å². The average molecular weight is 214 g/mol. The van der Waals surface area contributed by atoms with E-state index in [4.69, 9.17) is 0 Å².